The number of rotatable bonds is 8. The number of nitrogens with one attached hydrogen (secondary N) is 1. The first-order valence-electron chi connectivity index (χ1n) is 7.75. The van der Waals surface area contributed by atoms with E-state index in [1.807, 2.05) is 24.3 Å². The lowest BCUT2D eigenvalue weighted by Crippen LogP contribution is -2.29. The van der Waals surface area contributed by atoms with E-state index in [2.05, 4.69) is 36.0 Å². The van der Waals surface area contributed by atoms with Crippen LogP contribution in [0.3, 0.4) is 0 Å². The summed E-state index contributed by atoms with van der Waals surface area (Å²) in [4.78, 5) is 6.60. The van der Waals surface area contributed by atoms with E-state index in [1.54, 1.807) is 6.20 Å². The molecule has 4 nitrogen and oxygen atoms in total. The maximum absolute atomic E-state index is 6.02. The average molecular weight is 322 g/mol. The van der Waals surface area contributed by atoms with Crippen LogP contribution in [0.5, 0.6) is 0 Å². The molecule has 0 saturated carbocycles. The summed E-state index contributed by atoms with van der Waals surface area (Å²) in [6.07, 6.45) is 1.80. The highest BCUT2D eigenvalue weighted by molar-refractivity contribution is 6.31. The monoisotopic (exact) mass is 321 g/mol. The first-order chi connectivity index (χ1) is 10.6. The minimum absolute atomic E-state index is 0.219. The molecule has 1 atom stereocenters. The molecule has 5 heteroatoms. The standard InChI is InChI=1S/C17H24ClN3O/c1-4-21(5-2)12-22-11-13(3)20-16-8-9-19-17-10-14(18)6-7-15(16)17/h6-10,13H,4-5,11-12H2,1-3H3,(H,19,20). The third-order valence-corrected chi connectivity index (χ3v) is 3.88. The Morgan fingerprint density at radius 3 is 2.77 bits per heavy atom. The van der Waals surface area contributed by atoms with Gasteiger partial charge in [0.1, 0.15) is 0 Å². The molecule has 0 aliphatic rings. The Bertz CT molecular complexity index is 601. The number of nitrogens with zero attached hydrogens (tertiary/aromatic N) is 2. The topological polar surface area (TPSA) is 37.4 Å². The van der Waals surface area contributed by atoms with E-state index in [0.29, 0.717) is 18.4 Å². The number of anilines is 1. The highest BCUT2D eigenvalue weighted by Crippen LogP contribution is 2.24. The van der Waals surface area contributed by atoms with Gasteiger partial charge >= 0.3 is 0 Å². The van der Waals surface area contributed by atoms with Crippen molar-refractivity contribution in [3.05, 3.63) is 35.5 Å². The zero-order valence-corrected chi connectivity index (χ0v) is 14.2. The Morgan fingerprint density at radius 2 is 2.05 bits per heavy atom. The lowest BCUT2D eigenvalue weighted by Gasteiger charge is -2.21. The third kappa shape index (κ3) is 4.57. The van der Waals surface area contributed by atoms with Gasteiger partial charge in [-0.15, -0.1) is 0 Å². The third-order valence-electron chi connectivity index (χ3n) is 3.64. The minimum atomic E-state index is 0.219. The summed E-state index contributed by atoms with van der Waals surface area (Å²) in [5, 5.41) is 5.26. The van der Waals surface area contributed by atoms with Crippen molar-refractivity contribution >= 4 is 28.2 Å². The van der Waals surface area contributed by atoms with Crippen LogP contribution < -0.4 is 5.32 Å². The molecule has 0 saturated heterocycles. The summed E-state index contributed by atoms with van der Waals surface area (Å²) in [5.41, 5.74) is 1.95. The maximum Gasteiger partial charge on any atom is 0.0991 e. The van der Waals surface area contributed by atoms with Gasteiger partial charge in [-0.1, -0.05) is 25.4 Å². The second-order valence-corrected chi connectivity index (χ2v) is 5.80. The Morgan fingerprint density at radius 1 is 1.27 bits per heavy atom. The smallest absolute Gasteiger partial charge is 0.0991 e. The van der Waals surface area contributed by atoms with Crippen molar-refractivity contribution < 1.29 is 4.74 Å². The van der Waals surface area contributed by atoms with Gasteiger partial charge in [-0.25, -0.2) is 0 Å². The van der Waals surface area contributed by atoms with Crippen LogP contribution in [0.2, 0.25) is 5.02 Å². The van der Waals surface area contributed by atoms with Crippen molar-refractivity contribution in [1.29, 1.82) is 0 Å². The van der Waals surface area contributed by atoms with E-state index in [1.165, 1.54) is 0 Å². The predicted molar refractivity (Wildman–Crippen MR) is 93.6 cm³/mol. The molecule has 0 radical (unpaired) electrons. The van der Waals surface area contributed by atoms with Crippen LogP contribution in [0, 0.1) is 0 Å². The molecular weight excluding hydrogens is 298 g/mol. The van der Waals surface area contributed by atoms with Gasteiger partial charge < -0.3 is 10.1 Å². The number of benzene rings is 1. The Labute approximate surface area is 137 Å². The fourth-order valence-corrected chi connectivity index (χ4v) is 2.49. The molecule has 2 aromatic rings. The van der Waals surface area contributed by atoms with Crippen LogP contribution in [-0.4, -0.2) is 42.4 Å². The quantitative estimate of drug-likeness (QED) is 0.746. The van der Waals surface area contributed by atoms with Crippen molar-refractivity contribution in [2.24, 2.45) is 0 Å². The molecule has 2 rings (SSSR count). The van der Waals surface area contributed by atoms with Crippen molar-refractivity contribution in [3.63, 3.8) is 0 Å². The van der Waals surface area contributed by atoms with Crippen LogP contribution >= 0.6 is 11.6 Å². The van der Waals surface area contributed by atoms with E-state index in [-0.39, 0.29) is 6.04 Å². The summed E-state index contributed by atoms with van der Waals surface area (Å²) in [7, 11) is 0. The number of aromatic nitrogens is 1. The molecule has 0 bridgehead atoms. The average Bonchev–Trinajstić information content (AvgIpc) is 2.51. The van der Waals surface area contributed by atoms with E-state index >= 15 is 0 Å². The van der Waals surface area contributed by atoms with Gasteiger partial charge in [0, 0.05) is 28.3 Å². The van der Waals surface area contributed by atoms with Gasteiger partial charge in [0.15, 0.2) is 0 Å². The lowest BCUT2D eigenvalue weighted by molar-refractivity contribution is 0.0314. The Balaban J connectivity index is 1.95. The zero-order valence-electron chi connectivity index (χ0n) is 13.5. The van der Waals surface area contributed by atoms with E-state index in [4.69, 9.17) is 16.3 Å². The molecule has 0 fully saturated rings. The molecule has 0 aliphatic carbocycles. The number of ether oxygens (including phenoxy) is 1. The van der Waals surface area contributed by atoms with Crippen molar-refractivity contribution in [2.75, 3.05) is 31.7 Å². The van der Waals surface area contributed by atoms with Crippen LogP contribution in [0.25, 0.3) is 10.9 Å². The van der Waals surface area contributed by atoms with Gasteiger partial charge in [-0.2, -0.15) is 0 Å². The zero-order chi connectivity index (χ0) is 15.9. The summed E-state index contributed by atoms with van der Waals surface area (Å²) >= 11 is 6.02. The maximum atomic E-state index is 6.02. The molecule has 0 spiro atoms. The van der Waals surface area contributed by atoms with E-state index in [9.17, 15) is 0 Å². The van der Waals surface area contributed by atoms with Crippen LogP contribution in [0.1, 0.15) is 20.8 Å². The molecular formula is C17H24ClN3O. The van der Waals surface area contributed by atoms with E-state index in [0.717, 1.165) is 29.7 Å². The van der Waals surface area contributed by atoms with Crippen molar-refractivity contribution in [2.45, 2.75) is 26.8 Å². The van der Waals surface area contributed by atoms with E-state index < -0.39 is 0 Å². The first-order valence-corrected chi connectivity index (χ1v) is 8.12. The van der Waals surface area contributed by atoms with Gasteiger partial charge in [-0.05, 0) is 44.3 Å². The fourth-order valence-electron chi connectivity index (χ4n) is 2.32. The largest absolute Gasteiger partial charge is 0.380 e. The normalized spacial score (nSPS) is 12.8. The number of hydrogen-bond donors (Lipinski definition) is 1. The number of hydrogen-bond acceptors (Lipinski definition) is 4. The molecule has 0 aliphatic heterocycles. The summed E-state index contributed by atoms with van der Waals surface area (Å²) in [5.74, 6) is 0. The van der Waals surface area contributed by atoms with Crippen LogP contribution in [-0.2, 0) is 4.74 Å². The molecule has 0 amide bonds. The lowest BCUT2D eigenvalue weighted by atomic mass is 10.1. The fraction of sp³-hybridized carbons (Fsp3) is 0.471. The second-order valence-electron chi connectivity index (χ2n) is 5.37. The predicted octanol–water partition coefficient (Wildman–Crippen LogP) is 4.00. The molecule has 1 unspecified atom stereocenters. The first kappa shape index (κ1) is 17.0. The molecule has 1 aromatic carbocycles. The van der Waals surface area contributed by atoms with Crippen LogP contribution in [0.4, 0.5) is 5.69 Å². The highest BCUT2D eigenvalue weighted by atomic mass is 35.5. The molecule has 120 valence electrons. The molecule has 1 N–H and O–H groups in total. The van der Waals surface area contributed by atoms with Gasteiger partial charge in [0.25, 0.3) is 0 Å². The van der Waals surface area contributed by atoms with Crippen molar-refractivity contribution in [1.82, 2.24) is 9.88 Å². The van der Waals surface area contributed by atoms with Gasteiger partial charge in [-0.3, -0.25) is 9.88 Å². The molecule has 22 heavy (non-hydrogen) atoms. The second kappa shape index (κ2) is 8.32. The summed E-state index contributed by atoms with van der Waals surface area (Å²) in [6, 6.07) is 7.96. The Kier molecular flexibility index (Phi) is 6.43. The minimum Gasteiger partial charge on any atom is -0.380 e. The summed E-state index contributed by atoms with van der Waals surface area (Å²) < 4.78 is 5.77. The highest BCUT2D eigenvalue weighted by Gasteiger charge is 2.07. The summed E-state index contributed by atoms with van der Waals surface area (Å²) in [6.45, 7) is 9.75. The van der Waals surface area contributed by atoms with Crippen LogP contribution in [0.15, 0.2) is 30.5 Å². The number of halogens is 1. The SMILES string of the molecule is CCN(CC)COCC(C)Nc1ccnc2cc(Cl)ccc12. The number of fused-ring (bicyclic) bond motifs is 1. The van der Waals surface area contributed by atoms with Crippen molar-refractivity contribution in [3.8, 4) is 0 Å². The van der Waals surface area contributed by atoms with Gasteiger partial charge in [0.2, 0.25) is 0 Å². The molecule has 1 heterocycles. The Hall–Kier alpha value is -1.36. The number of pyridine rings is 1. The van der Waals surface area contributed by atoms with Gasteiger partial charge in [0.05, 0.1) is 18.9 Å². The molecule has 1 aromatic heterocycles.